The molecule has 2 N–H and O–H groups in total. The first-order chi connectivity index (χ1) is 12.9. The molecule has 1 atom stereocenters. The van der Waals surface area contributed by atoms with Crippen LogP contribution in [0, 0.1) is 6.92 Å². The van der Waals surface area contributed by atoms with E-state index in [1.807, 2.05) is 31.2 Å². The van der Waals surface area contributed by atoms with Gasteiger partial charge in [0, 0.05) is 5.56 Å². The Bertz CT molecular complexity index is 865. The van der Waals surface area contributed by atoms with E-state index in [1.54, 1.807) is 0 Å². The fraction of sp³-hybridized carbons (Fsp3) is 0.211. The summed E-state index contributed by atoms with van der Waals surface area (Å²) in [5.41, 5.74) is 2.18. The summed E-state index contributed by atoms with van der Waals surface area (Å²) in [6, 6.07) is 12.5. The van der Waals surface area contributed by atoms with Gasteiger partial charge in [-0.2, -0.15) is 8.78 Å². The Labute approximate surface area is 154 Å². The summed E-state index contributed by atoms with van der Waals surface area (Å²) in [5, 5.41) is 5.05. The van der Waals surface area contributed by atoms with Crippen molar-refractivity contribution in [2.24, 2.45) is 4.99 Å². The van der Waals surface area contributed by atoms with Gasteiger partial charge in [-0.1, -0.05) is 29.8 Å². The van der Waals surface area contributed by atoms with Gasteiger partial charge in [0.1, 0.15) is 5.75 Å². The molecule has 1 aliphatic heterocycles. The van der Waals surface area contributed by atoms with Crippen LogP contribution in [-0.2, 0) is 4.79 Å². The van der Waals surface area contributed by atoms with E-state index in [1.165, 1.54) is 24.3 Å². The van der Waals surface area contributed by atoms with Crippen LogP contribution in [0.5, 0.6) is 5.75 Å². The largest absolute Gasteiger partial charge is 0.435 e. The monoisotopic (exact) mass is 373 g/mol. The van der Waals surface area contributed by atoms with E-state index in [0.717, 1.165) is 11.1 Å². The molecular weight excluding hydrogens is 356 g/mol. The molecule has 6 nitrogen and oxygen atoms in total. The molecule has 3 rings (SSSR count). The SMILES string of the molecule is Cc1ccc([C@H]2CC(=O)NC(NC(=O)c3ccc(OC(F)F)cc3)=N2)cc1. The molecule has 2 amide bonds. The number of benzene rings is 2. The highest BCUT2D eigenvalue weighted by Gasteiger charge is 2.23. The van der Waals surface area contributed by atoms with Crippen molar-refractivity contribution in [1.82, 2.24) is 10.6 Å². The van der Waals surface area contributed by atoms with Crippen molar-refractivity contribution in [2.75, 3.05) is 0 Å². The van der Waals surface area contributed by atoms with E-state index in [2.05, 4.69) is 20.4 Å². The summed E-state index contributed by atoms with van der Waals surface area (Å²) in [6.45, 7) is -0.973. The Kier molecular flexibility index (Phi) is 5.44. The third-order valence-corrected chi connectivity index (χ3v) is 3.96. The number of ether oxygens (including phenoxy) is 1. The number of carbonyl (C=O) groups excluding carboxylic acids is 2. The number of hydrogen-bond acceptors (Lipinski definition) is 4. The predicted molar refractivity (Wildman–Crippen MR) is 94.7 cm³/mol. The zero-order chi connectivity index (χ0) is 19.4. The van der Waals surface area contributed by atoms with Crippen LogP contribution in [0.25, 0.3) is 0 Å². The molecule has 0 aliphatic carbocycles. The molecule has 0 fully saturated rings. The van der Waals surface area contributed by atoms with Crippen LogP contribution in [0.3, 0.4) is 0 Å². The fourth-order valence-corrected chi connectivity index (χ4v) is 2.60. The van der Waals surface area contributed by atoms with Crippen molar-refractivity contribution >= 4 is 17.8 Å². The minimum Gasteiger partial charge on any atom is -0.435 e. The summed E-state index contributed by atoms with van der Waals surface area (Å²) >= 11 is 0. The molecule has 140 valence electrons. The maximum absolute atomic E-state index is 12.3. The van der Waals surface area contributed by atoms with E-state index in [4.69, 9.17) is 0 Å². The lowest BCUT2D eigenvalue weighted by atomic mass is 10.0. The number of carbonyl (C=O) groups is 2. The molecule has 1 aliphatic rings. The van der Waals surface area contributed by atoms with Gasteiger partial charge in [0.05, 0.1) is 12.5 Å². The zero-order valence-electron chi connectivity index (χ0n) is 14.4. The number of amides is 2. The van der Waals surface area contributed by atoms with Gasteiger partial charge >= 0.3 is 6.61 Å². The molecule has 0 saturated heterocycles. The van der Waals surface area contributed by atoms with Gasteiger partial charge in [0.15, 0.2) is 0 Å². The smallest absolute Gasteiger partial charge is 0.387 e. The maximum atomic E-state index is 12.3. The molecule has 8 heteroatoms. The van der Waals surface area contributed by atoms with Crippen molar-refractivity contribution < 1.29 is 23.1 Å². The van der Waals surface area contributed by atoms with E-state index in [-0.39, 0.29) is 29.6 Å². The molecule has 0 saturated carbocycles. The van der Waals surface area contributed by atoms with Gasteiger partial charge in [-0.15, -0.1) is 0 Å². The number of nitrogens with zero attached hydrogens (tertiary/aromatic N) is 1. The quantitative estimate of drug-likeness (QED) is 0.865. The van der Waals surface area contributed by atoms with Crippen LogP contribution in [0.4, 0.5) is 8.78 Å². The first-order valence-electron chi connectivity index (χ1n) is 8.21. The van der Waals surface area contributed by atoms with Gasteiger partial charge in [-0.05, 0) is 36.8 Å². The van der Waals surface area contributed by atoms with Gasteiger partial charge in [0.25, 0.3) is 5.91 Å². The second-order valence-electron chi connectivity index (χ2n) is 6.01. The van der Waals surface area contributed by atoms with Crippen LogP contribution in [0.2, 0.25) is 0 Å². The zero-order valence-corrected chi connectivity index (χ0v) is 14.4. The van der Waals surface area contributed by atoms with Crippen molar-refractivity contribution in [1.29, 1.82) is 0 Å². The average Bonchev–Trinajstić information content (AvgIpc) is 2.62. The first kappa shape index (κ1) is 18.5. The van der Waals surface area contributed by atoms with E-state index < -0.39 is 18.6 Å². The molecule has 0 bridgehead atoms. The minimum atomic E-state index is -2.94. The highest BCUT2D eigenvalue weighted by molar-refractivity contribution is 6.10. The van der Waals surface area contributed by atoms with Crippen LogP contribution < -0.4 is 15.4 Å². The first-order valence-corrected chi connectivity index (χ1v) is 8.21. The Morgan fingerprint density at radius 1 is 1.19 bits per heavy atom. The van der Waals surface area contributed by atoms with E-state index in [9.17, 15) is 18.4 Å². The molecule has 2 aromatic rings. The van der Waals surface area contributed by atoms with Crippen LogP contribution >= 0.6 is 0 Å². The second-order valence-corrected chi connectivity index (χ2v) is 6.01. The number of nitrogens with one attached hydrogen (secondary N) is 2. The van der Waals surface area contributed by atoms with E-state index in [0.29, 0.717) is 0 Å². The molecule has 0 radical (unpaired) electrons. The van der Waals surface area contributed by atoms with Gasteiger partial charge in [-0.25, -0.2) is 4.99 Å². The number of aryl methyl sites for hydroxylation is 1. The summed E-state index contributed by atoms with van der Waals surface area (Å²) in [7, 11) is 0. The number of alkyl halides is 2. The Hall–Kier alpha value is -3.29. The Morgan fingerprint density at radius 3 is 2.48 bits per heavy atom. The summed E-state index contributed by atoms with van der Waals surface area (Å²) in [4.78, 5) is 28.7. The summed E-state index contributed by atoms with van der Waals surface area (Å²) in [6.07, 6.45) is 0.183. The predicted octanol–water partition coefficient (Wildman–Crippen LogP) is 2.94. The van der Waals surface area contributed by atoms with Crippen molar-refractivity contribution in [3.8, 4) is 5.75 Å². The lowest BCUT2D eigenvalue weighted by molar-refractivity contribution is -0.120. The third kappa shape index (κ3) is 4.87. The second kappa shape index (κ2) is 7.94. The number of rotatable bonds is 4. The standard InChI is InChI=1S/C19H17F2N3O3/c1-11-2-4-12(5-3-11)15-10-16(25)23-19(22-15)24-17(26)13-6-8-14(9-7-13)27-18(20)21/h2-9,15,18H,10H2,1H3,(H2,22,23,24,25,26)/t15-/m1/s1. The number of hydrogen-bond donors (Lipinski definition) is 2. The lowest BCUT2D eigenvalue weighted by Gasteiger charge is -2.21. The van der Waals surface area contributed by atoms with Gasteiger partial charge < -0.3 is 4.74 Å². The molecule has 1 heterocycles. The highest BCUT2D eigenvalue weighted by Crippen LogP contribution is 2.23. The van der Waals surface area contributed by atoms with Crippen molar-refractivity contribution in [3.05, 3.63) is 65.2 Å². The molecule has 0 aromatic heterocycles. The fourth-order valence-electron chi connectivity index (χ4n) is 2.60. The maximum Gasteiger partial charge on any atom is 0.387 e. The average molecular weight is 373 g/mol. The van der Waals surface area contributed by atoms with Gasteiger partial charge in [0.2, 0.25) is 11.9 Å². The van der Waals surface area contributed by atoms with E-state index >= 15 is 0 Å². The molecule has 0 spiro atoms. The molecule has 27 heavy (non-hydrogen) atoms. The number of aliphatic imine (C=N–C) groups is 1. The van der Waals surface area contributed by atoms with Crippen LogP contribution in [-0.4, -0.2) is 24.4 Å². The summed E-state index contributed by atoms with van der Waals surface area (Å²) in [5.74, 6) is -0.784. The Morgan fingerprint density at radius 2 is 1.85 bits per heavy atom. The van der Waals surface area contributed by atoms with Crippen LogP contribution in [0.15, 0.2) is 53.5 Å². The normalized spacial score (nSPS) is 16.5. The van der Waals surface area contributed by atoms with Gasteiger partial charge in [-0.3, -0.25) is 20.2 Å². The molecular formula is C19H17F2N3O3. The third-order valence-electron chi connectivity index (χ3n) is 3.96. The Balaban J connectivity index is 1.72. The van der Waals surface area contributed by atoms with Crippen molar-refractivity contribution in [2.45, 2.75) is 26.0 Å². The topological polar surface area (TPSA) is 79.8 Å². The molecule has 0 unspecified atom stereocenters. The number of guanidine groups is 1. The molecule has 2 aromatic carbocycles. The summed E-state index contributed by atoms with van der Waals surface area (Å²) < 4.78 is 28.6. The highest BCUT2D eigenvalue weighted by atomic mass is 19.3. The lowest BCUT2D eigenvalue weighted by Crippen LogP contribution is -2.47. The van der Waals surface area contributed by atoms with Crippen molar-refractivity contribution in [3.63, 3.8) is 0 Å². The van der Waals surface area contributed by atoms with Crippen LogP contribution in [0.1, 0.15) is 33.9 Å². The minimum absolute atomic E-state index is 0.0507. The number of halogens is 2.